The number of hydrogen-bond donors (Lipinski definition) is 1. The number of aryl methyl sites for hydroxylation is 2. The first kappa shape index (κ1) is 15.5. The van der Waals surface area contributed by atoms with Gasteiger partial charge in [-0.2, -0.15) is 0 Å². The van der Waals surface area contributed by atoms with E-state index in [4.69, 9.17) is 5.73 Å². The molecule has 1 aliphatic rings. The van der Waals surface area contributed by atoms with Gasteiger partial charge in [0.05, 0.1) is 0 Å². The van der Waals surface area contributed by atoms with Crippen LogP contribution in [0.1, 0.15) is 36.6 Å². The van der Waals surface area contributed by atoms with E-state index in [1.807, 2.05) is 0 Å². The molecule has 0 amide bonds. The molecule has 20 heavy (non-hydrogen) atoms. The Morgan fingerprint density at radius 1 is 1.15 bits per heavy atom. The van der Waals surface area contributed by atoms with Gasteiger partial charge in [-0.3, -0.25) is 9.80 Å². The van der Waals surface area contributed by atoms with Crippen molar-refractivity contribution in [3.05, 3.63) is 34.9 Å². The molecule has 1 atom stereocenters. The zero-order chi connectivity index (χ0) is 14.9. The van der Waals surface area contributed by atoms with E-state index in [9.17, 15) is 0 Å². The van der Waals surface area contributed by atoms with E-state index < -0.39 is 0 Å². The van der Waals surface area contributed by atoms with Crippen molar-refractivity contribution in [2.45, 2.75) is 39.3 Å². The van der Waals surface area contributed by atoms with Crippen LogP contribution in [0.5, 0.6) is 0 Å². The lowest BCUT2D eigenvalue weighted by atomic mass is 9.97. The van der Waals surface area contributed by atoms with E-state index in [0.717, 1.165) is 26.2 Å². The SMILES string of the molecule is Cc1cc(C)cc(C(N)CN2CCN(C)C(C)(C)C2)c1. The molecule has 3 heteroatoms. The van der Waals surface area contributed by atoms with Gasteiger partial charge in [-0.1, -0.05) is 29.3 Å². The highest BCUT2D eigenvalue weighted by Crippen LogP contribution is 2.22. The normalized spacial score (nSPS) is 21.9. The number of nitrogens with zero attached hydrogens (tertiary/aromatic N) is 2. The summed E-state index contributed by atoms with van der Waals surface area (Å²) in [7, 11) is 2.21. The van der Waals surface area contributed by atoms with Crippen molar-refractivity contribution in [2.75, 3.05) is 33.2 Å². The van der Waals surface area contributed by atoms with Gasteiger partial charge < -0.3 is 5.73 Å². The van der Waals surface area contributed by atoms with Crippen molar-refractivity contribution >= 4 is 0 Å². The molecule has 112 valence electrons. The summed E-state index contributed by atoms with van der Waals surface area (Å²) >= 11 is 0. The van der Waals surface area contributed by atoms with Crippen LogP contribution in [0.25, 0.3) is 0 Å². The van der Waals surface area contributed by atoms with Gasteiger partial charge in [-0.15, -0.1) is 0 Å². The van der Waals surface area contributed by atoms with Crippen LogP contribution < -0.4 is 5.73 Å². The van der Waals surface area contributed by atoms with Gasteiger partial charge >= 0.3 is 0 Å². The van der Waals surface area contributed by atoms with Crippen LogP contribution in [-0.4, -0.2) is 48.6 Å². The number of hydrogen-bond acceptors (Lipinski definition) is 3. The molecule has 1 aliphatic heterocycles. The molecule has 1 unspecified atom stereocenters. The Hall–Kier alpha value is -0.900. The molecule has 2 N–H and O–H groups in total. The molecule has 1 aromatic carbocycles. The summed E-state index contributed by atoms with van der Waals surface area (Å²) < 4.78 is 0. The molecule has 2 rings (SSSR count). The van der Waals surface area contributed by atoms with Crippen LogP contribution in [0, 0.1) is 13.8 Å². The predicted octanol–water partition coefficient (Wildman–Crippen LogP) is 2.33. The molecule has 0 radical (unpaired) electrons. The average molecular weight is 275 g/mol. The number of likely N-dealkylation sites (N-methyl/N-ethyl adjacent to an activating group) is 1. The summed E-state index contributed by atoms with van der Waals surface area (Å²) in [5.41, 5.74) is 10.5. The van der Waals surface area contributed by atoms with Crippen LogP contribution in [0.4, 0.5) is 0 Å². The van der Waals surface area contributed by atoms with Crippen molar-refractivity contribution in [1.29, 1.82) is 0 Å². The van der Waals surface area contributed by atoms with Gasteiger partial charge in [0, 0.05) is 37.8 Å². The summed E-state index contributed by atoms with van der Waals surface area (Å²) in [4.78, 5) is 4.94. The fourth-order valence-electron chi connectivity index (χ4n) is 3.10. The number of rotatable bonds is 3. The maximum Gasteiger partial charge on any atom is 0.0424 e. The Balaban J connectivity index is 2.03. The zero-order valence-corrected chi connectivity index (χ0v) is 13.6. The lowest BCUT2D eigenvalue weighted by molar-refractivity contribution is 0.0372. The second kappa shape index (κ2) is 5.84. The first-order valence-corrected chi connectivity index (χ1v) is 7.55. The summed E-state index contributed by atoms with van der Waals surface area (Å²) in [6.07, 6.45) is 0. The molecule has 0 saturated carbocycles. The Kier molecular flexibility index (Phi) is 4.52. The van der Waals surface area contributed by atoms with Crippen LogP contribution in [0.2, 0.25) is 0 Å². The zero-order valence-electron chi connectivity index (χ0n) is 13.6. The molecule has 3 nitrogen and oxygen atoms in total. The molecule has 1 aromatic rings. The monoisotopic (exact) mass is 275 g/mol. The predicted molar refractivity (Wildman–Crippen MR) is 86.0 cm³/mol. The first-order valence-electron chi connectivity index (χ1n) is 7.55. The topological polar surface area (TPSA) is 32.5 Å². The molecule has 1 saturated heterocycles. The van der Waals surface area contributed by atoms with E-state index in [1.54, 1.807) is 0 Å². The number of piperazine rings is 1. The molecular weight excluding hydrogens is 246 g/mol. The van der Waals surface area contributed by atoms with Gasteiger partial charge in [-0.25, -0.2) is 0 Å². The fourth-order valence-corrected chi connectivity index (χ4v) is 3.10. The maximum absolute atomic E-state index is 6.43. The second-order valence-electron chi connectivity index (χ2n) is 7.00. The summed E-state index contributed by atoms with van der Waals surface area (Å²) in [6.45, 7) is 13.2. The van der Waals surface area contributed by atoms with E-state index in [2.05, 4.69) is 62.7 Å². The Labute approximate surface area is 123 Å². The second-order valence-corrected chi connectivity index (χ2v) is 7.00. The molecule has 0 spiro atoms. The third-order valence-electron chi connectivity index (χ3n) is 4.52. The van der Waals surface area contributed by atoms with Gasteiger partial charge in [-0.05, 0) is 40.3 Å². The van der Waals surface area contributed by atoms with Gasteiger partial charge in [0.1, 0.15) is 0 Å². The van der Waals surface area contributed by atoms with Crippen LogP contribution in [-0.2, 0) is 0 Å². The van der Waals surface area contributed by atoms with Crippen LogP contribution in [0.3, 0.4) is 0 Å². The number of nitrogens with two attached hydrogens (primary N) is 1. The fraction of sp³-hybridized carbons (Fsp3) is 0.647. The van der Waals surface area contributed by atoms with Crippen molar-refractivity contribution in [1.82, 2.24) is 9.80 Å². The third-order valence-corrected chi connectivity index (χ3v) is 4.52. The van der Waals surface area contributed by atoms with Gasteiger partial charge in [0.25, 0.3) is 0 Å². The van der Waals surface area contributed by atoms with E-state index >= 15 is 0 Å². The smallest absolute Gasteiger partial charge is 0.0424 e. The average Bonchev–Trinajstić information content (AvgIpc) is 2.32. The highest BCUT2D eigenvalue weighted by Gasteiger charge is 2.31. The van der Waals surface area contributed by atoms with E-state index in [-0.39, 0.29) is 11.6 Å². The van der Waals surface area contributed by atoms with E-state index in [1.165, 1.54) is 16.7 Å². The van der Waals surface area contributed by atoms with Gasteiger partial charge in [0.2, 0.25) is 0 Å². The highest BCUT2D eigenvalue weighted by molar-refractivity contribution is 5.30. The minimum Gasteiger partial charge on any atom is -0.323 e. The highest BCUT2D eigenvalue weighted by atomic mass is 15.3. The molecule has 0 bridgehead atoms. The van der Waals surface area contributed by atoms with Crippen molar-refractivity contribution < 1.29 is 0 Å². The summed E-state index contributed by atoms with van der Waals surface area (Å²) in [6, 6.07) is 6.75. The minimum atomic E-state index is 0.104. The summed E-state index contributed by atoms with van der Waals surface area (Å²) in [5.74, 6) is 0. The Morgan fingerprint density at radius 3 is 2.30 bits per heavy atom. The molecule has 1 heterocycles. The Morgan fingerprint density at radius 2 is 1.75 bits per heavy atom. The van der Waals surface area contributed by atoms with Crippen molar-refractivity contribution in [2.24, 2.45) is 5.73 Å². The van der Waals surface area contributed by atoms with E-state index in [0.29, 0.717) is 0 Å². The first-order chi connectivity index (χ1) is 9.28. The van der Waals surface area contributed by atoms with Crippen LogP contribution in [0.15, 0.2) is 18.2 Å². The lowest BCUT2D eigenvalue weighted by Crippen LogP contribution is -2.58. The molecular formula is C17H29N3. The van der Waals surface area contributed by atoms with Crippen molar-refractivity contribution in [3.8, 4) is 0 Å². The lowest BCUT2D eigenvalue weighted by Gasteiger charge is -2.46. The molecule has 0 aliphatic carbocycles. The summed E-state index contributed by atoms with van der Waals surface area (Å²) in [5, 5.41) is 0. The molecule has 0 aromatic heterocycles. The maximum atomic E-state index is 6.43. The largest absolute Gasteiger partial charge is 0.323 e. The van der Waals surface area contributed by atoms with Crippen LogP contribution >= 0.6 is 0 Å². The molecule has 1 fully saturated rings. The third kappa shape index (κ3) is 3.60. The van der Waals surface area contributed by atoms with Gasteiger partial charge in [0.15, 0.2) is 0 Å². The standard InChI is InChI=1S/C17H29N3/c1-13-8-14(2)10-15(9-13)16(18)11-20-7-6-19(5)17(3,4)12-20/h8-10,16H,6-7,11-12,18H2,1-5H3. The quantitative estimate of drug-likeness (QED) is 0.919. The Bertz CT molecular complexity index is 447. The minimum absolute atomic E-state index is 0.104. The van der Waals surface area contributed by atoms with Crippen molar-refractivity contribution in [3.63, 3.8) is 0 Å². The number of benzene rings is 1.